The zero-order valence-electron chi connectivity index (χ0n) is 16.5. The molecule has 6 rings (SSSR count). The van der Waals surface area contributed by atoms with Crippen LogP contribution in [-0.2, 0) is 0 Å². The molecule has 0 amide bonds. The van der Waals surface area contributed by atoms with Gasteiger partial charge in [-0.15, -0.1) is 5.10 Å². The minimum absolute atomic E-state index is 0.0864. The fraction of sp³-hybridized carbons (Fsp3) is 0.409. The lowest BCUT2D eigenvalue weighted by Gasteiger charge is -2.18. The Morgan fingerprint density at radius 3 is 2.37 bits per heavy atom. The summed E-state index contributed by atoms with van der Waals surface area (Å²) >= 11 is 0. The number of nitrogens with one attached hydrogen (secondary N) is 1. The lowest BCUT2D eigenvalue weighted by atomic mass is 9.89. The van der Waals surface area contributed by atoms with Gasteiger partial charge in [0.2, 0.25) is 0 Å². The molecule has 4 heterocycles. The molecule has 0 atom stereocenters. The fourth-order valence-corrected chi connectivity index (χ4v) is 4.57. The molecule has 2 aliphatic rings. The monoisotopic (exact) mass is 402 g/mol. The van der Waals surface area contributed by atoms with Crippen LogP contribution in [0.25, 0.3) is 27.8 Å². The maximum absolute atomic E-state index is 13.2. The summed E-state index contributed by atoms with van der Waals surface area (Å²) in [5.41, 5.74) is 0.823. The van der Waals surface area contributed by atoms with Gasteiger partial charge in [0, 0.05) is 24.4 Å². The van der Waals surface area contributed by atoms with Crippen LogP contribution in [0, 0.1) is 0 Å². The summed E-state index contributed by atoms with van der Waals surface area (Å²) < 4.78 is 3.18. The van der Waals surface area contributed by atoms with Gasteiger partial charge < -0.3 is 4.57 Å². The minimum Gasteiger partial charge on any atom is -0.312 e. The lowest BCUT2D eigenvalue weighted by Crippen LogP contribution is -2.21. The van der Waals surface area contributed by atoms with Crippen molar-refractivity contribution in [3.05, 3.63) is 57.1 Å². The van der Waals surface area contributed by atoms with Gasteiger partial charge in [-0.3, -0.25) is 14.7 Å². The third kappa shape index (κ3) is 2.78. The van der Waals surface area contributed by atoms with Crippen LogP contribution in [-0.4, -0.2) is 29.3 Å². The predicted octanol–water partition coefficient (Wildman–Crippen LogP) is 3.20. The molecule has 0 spiro atoms. The predicted molar refractivity (Wildman–Crippen MR) is 113 cm³/mol. The van der Waals surface area contributed by atoms with Gasteiger partial charge in [-0.05, 0) is 43.9 Å². The molecular formula is C22H22N6O2. The van der Waals surface area contributed by atoms with Crippen molar-refractivity contribution in [1.82, 2.24) is 29.3 Å². The highest BCUT2D eigenvalue weighted by Gasteiger charge is 2.25. The van der Waals surface area contributed by atoms with Gasteiger partial charge in [-0.25, -0.2) is 9.55 Å². The van der Waals surface area contributed by atoms with Crippen LogP contribution in [0.15, 0.2) is 40.2 Å². The van der Waals surface area contributed by atoms with E-state index in [9.17, 15) is 9.59 Å². The Morgan fingerprint density at radius 2 is 1.60 bits per heavy atom. The quantitative estimate of drug-likeness (QED) is 0.531. The lowest BCUT2D eigenvalue weighted by molar-refractivity contribution is 0.429. The zero-order chi connectivity index (χ0) is 20.2. The van der Waals surface area contributed by atoms with Crippen molar-refractivity contribution in [2.24, 2.45) is 0 Å². The van der Waals surface area contributed by atoms with Crippen molar-refractivity contribution in [3.8, 4) is 5.95 Å². The van der Waals surface area contributed by atoms with Gasteiger partial charge in [0.15, 0.2) is 0 Å². The summed E-state index contributed by atoms with van der Waals surface area (Å²) in [7, 11) is 0. The summed E-state index contributed by atoms with van der Waals surface area (Å²) in [6.45, 7) is 0. The largest absolute Gasteiger partial charge is 0.312 e. The third-order valence-corrected chi connectivity index (χ3v) is 6.41. The molecule has 30 heavy (non-hydrogen) atoms. The fourth-order valence-electron chi connectivity index (χ4n) is 4.57. The summed E-state index contributed by atoms with van der Waals surface area (Å²) in [6.07, 6.45) is 11.4. The Morgan fingerprint density at radius 1 is 0.867 bits per heavy atom. The third-order valence-electron chi connectivity index (χ3n) is 6.41. The van der Waals surface area contributed by atoms with Crippen molar-refractivity contribution in [1.29, 1.82) is 0 Å². The Kier molecular flexibility index (Phi) is 3.87. The van der Waals surface area contributed by atoms with E-state index in [0.29, 0.717) is 33.7 Å². The molecule has 1 N–H and O–H groups in total. The van der Waals surface area contributed by atoms with Crippen molar-refractivity contribution in [2.45, 2.75) is 56.9 Å². The molecule has 2 aliphatic carbocycles. The first-order valence-electron chi connectivity index (χ1n) is 10.7. The maximum Gasteiger partial charge on any atom is 0.267 e. The van der Waals surface area contributed by atoms with E-state index < -0.39 is 0 Å². The molecule has 0 aromatic carbocycles. The minimum atomic E-state index is -0.266. The van der Waals surface area contributed by atoms with Crippen LogP contribution in [0.2, 0.25) is 0 Å². The SMILES string of the molecule is O=c1c2cc3c(=O)n(C4CC4)ccc3nc2ccn1-c1n[nH]c(C2CCCCC2)n1. The topological polar surface area (TPSA) is 98.5 Å². The van der Waals surface area contributed by atoms with Crippen LogP contribution >= 0.6 is 0 Å². The average molecular weight is 402 g/mol. The number of hydrogen-bond acceptors (Lipinski definition) is 5. The number of nitrogens with zero attached hydrogens (tertiary/aromatic N) is 5. The van der Waals surface area contributed by atoms with Crippen LogP contribution in [0.5, 0.6) is 0 Å². The van der Waals surface area contributed by atoms with Gasteiger partial charge in [0.05, 0.1) is 21.8 Å². The Labute approximate surface area is 171 Å². The molecule has 152 valence electrons. The van der Waals surface area contributed by atoms with Crippen molar-refractivity contribution >= 4 is 21.8 Å². The van der Waals surface area contributed by atoms with Crippen LogP contribution in [0.4, 0.5) is 0 Å². The number of fused-ring (bicyclic) bond motifs is 2. The number of rotatable bonds is 3. The van der Waals surface area contributed by atoms with Crippen LogP contribution < -0.4 is 11.1 Å². The van der Waals surface area contributed by atoms with E-state index in [1.54, 1.807) is 22.9 Å². The second-order valence-corrected chi connectivity index (χ2v) is 8.46. The molecule has 8 heteroatoms. The number of H-pyrrole nitrogens is 1. The molecule has 0 aliphatic heterocycles. The van der Waals surface area contributed by atoms with Gasteiger partial charge in [0.1, 0.15) is 5.82 Å². The van der Waals surface area contributed by atoms with Crippen molar-refractivity contribution in [2.75, 3.05) is 0 Å². The number of aromatic amines is 1. The van der Waals surface area contributed by atoms with E-state index in [0.717, 1.165) is 31.5 Å². The molecule has 4 aromatic rings. The molecule has 2 saturated carbocycles. The molecule has 0 bridgehead atoms. The molecule has 0 radical (unpaired) electrons. The first-order valence-corrected chi connectivity index (χ1v) is 10.7. The smallest absolute Gasteiger partial charge is 0.267 e. The maximum atomic E-state index is 13.2. The van der Waals surface area contributed by atoms with E-state index in [2.05, 4.69) is 20.2 Å². The summed E-state index contributed by atoms with van der Waals surface area (Å²) in [4.78, 5) is 35.3. The average Bonchev–Trinajstić information content (AvgIpc) is 3.50. The molecule has 8 nitrogen and oxygen atoms in total. The molecule has 2 fully saturated rings. The van der Waals surface area contributed by atoms with Crippen LogP contribution in [0.3, 0.4) is 0 Å². The molecular weight excluding hydrogens is 380 g/mol. The molecule has 0 saturated heterocycles. The van der Waals surface area contributed by atoms with E-state index in [1.165, 1.54) is 23.8 Å². The van der Waals surface area contributed by atoms with Gasteiger partial charge in [-0.1, -0.05) is 19.3 Å². The van der Waals surface area contributed by atoms with Gasteiger partial charge in [-0.2, -0.15) is 4.98 Å². The van der Waals surface area contributed by atoms with E-state index in [4.69, 9.17) is 0 Å². The molecule has 0 unspecified atom stereocenters. The van der Waals surface area contributed by atoms with E-state index >= 15 is 0 Å². The summed E-state index contributed by atoms with van der Waals surface area (Å²) in [5.74, 6) is 1.56. The highest BCUT2D eigenvalue weighted by molar-refractivity contribution is 5.91. The Bertz CT molecular complexity index is 1390. The van der Waals surface area contributed by atoms with Gasteiger partial charge in [0.25, 0.3) is 17.1 Å². The van der Waals surface area contributed by atoms with E-state index in [1.807, 2.05) is 12.3 Å². The number of pyridine rings is 3. The molecule has 4 aromatic heterocycles. The second-order valence-electron chi connectivity index (χ2n) is 8.46. The van der Waals surface area contributed by atoms with Gasteiger partial charge >= 0.3 is 0 Å². The van der Waals surface area contributed by atoms with E-state index in [-0.39, 0.29) is 17.2 Å². The number of hydrogen-bond donors (Lipinski definition) is 1. The van der Waals surface area contributed by atoms with Crippen molar-refractivity contribution < 1.29 is 0 Å². The summed E-state index contributed by atoms with van der Waals surface area (Å²) in [6, 6.07) is 5.58. The second kappa shape index (κ2) is 6.62. The summed E-state index contributed by atoms with van der Waals surface area (Å²) in [5, 5.41) is 8.20. The highest BCUT2D eigenvalue weighted by Crippen LogP contribution is 2.33. The first-order chi connectivity index (χ1) is 14.7. The zero-order valence-corrected chi connectivity index (χ0v) is 16.5. The Balaban J connectivity index is 1.47. The Hall–Kier alpha value is -3.29. The number of aromatic nitrogens is 6. The highest BCUT2D eigenvalue weighted by atomic mass is 16.1. The standard InChI is InChI=1S/C22H22N6O2/c29-20-15-12-16-18(23-17(15)8-10-27(20)14-6-7-14)9-11-28(21(16)30)22-24-19(25-26-22)13-4-2-1-3-5-13/h8-14H,1-7H2,(H,24,25,26). The van der Waals surface area contributed by atoms with Crippen LogP contribution in [0.1, 0.15) is 62.7 Å². The van der Waals surface area contributed by atoms with Crippen molar-refractivity contribution in [3.63, 3.8) is 0 Å². The first kappa shape index (κ1) is 17.6. The normalized spacial score (nSPS) is 17.7.